The van der Waals surface area contributed by atoms with Gasteiger partial charge in [0.05, 0.1) is 13.3 Å². The van der Waals surface area contributed by atoms with Crippen LogP contribution in [0.4, 0.5) is 0 Å². The van der Waals surface area contributed by atoms with Crippen molar-refractivity contribution in [2.75, 3.05) is 13.3 Å². The summed E-state index contributed by atoms with van der Waals surface area (Å²) in [6.45, 7) is 12.7. The van der Waals surface area contributed by atoms with E-state index >= 15 is 0 Å². The van der Waals surface area contributed by atoms with Gasteiger partial charge in [-0.2, -0.15) is 0 Å². The summed E-state index contributed by atoms with van der Waals surface area (Å²) in [5.74, 6) is 2.82. The van der Waals surface area contributed by atoms with Gasteiger partial charge in [0.1, 0.15) is 17.2 Å². The van der Waals surface area contributed by atoms with E-state index in [1.165, 1.54) is 16.7 Å². The Kier molecular flexibility index (Phi) is 8.76. The molecule has 2 rings (SSSR count). The molecule has 2 aromatic carbocycles. The smallest absolute Gasteiger partial charge is 0.325 e. The zero-order valence-electron chi connectivity index (χ0n) is 19.9. The lowest BCUT2D eigenvalue weighted by Crippen LogP contribution is -2.09. The summed E-state index contributed by atoms with van der Waals surface area (Å²) in [7, 11) is -2.32. The van der Waals surface area contributed by atoms with Crippen molar-refractivity contribution in [2.24, 2.45) is 0 Å². The molecular formula is C25H37O5P. The fraction of sp³-hybridized carbons (Fsp3) is 0.520. The maximum Gasteiger partial charge on any atom is 0.325 e. The standard InChI is InChI=1S/C25H37O5P/c1-8-20-17(5)25(30-24-13-12-19(29-7)15-23(24)16(3)4)18(6)21(9-2)22(20)11-10-14-31(26,27)28/h12-13,15-16H,8-11,14H2,1-7H3,(H2,26,27,28). The largest absolute Gasteiger partial charge is 0.497 e. The number of benzene rings is 2. The number of hydrogen-bond donors (Lipinski definition) is 2. The highest BCUT2D eigenvalue weighted by atomic mass is 31.2. The zero-order chi connectivity index (χ0) is 23.3. The number of hydrogen-bond acceptors (Lipinski definition) is 3. The summed E-state index contributed by atoms with van der Waals surface area (Å²) in [6.07, 6.45) is 2.75. The van der Waals surface area contributed by atoms with Crippen molar-refractivity contribution in [1.82, 2.24) is 0 Å². The van der Waals surface area contributed by atoms with E-state index in [1.807, 2.05) is 18.2 Å². The van der Waals surface area contributed by atoms with Crippen LogP contribution in [0.5, 0.6) is 17.2 Å². The lowest BCUT2D eigenvalue weighted by atomic mass is 9.86. The van der Waals surface area contributed by atoms with Crippen LogP contribution in [0.25, 0.3) is 0 Å². The van der Waals surface area contributed by atoms with Crippen molar-refractivity contribution in [3.63, 3.8) is 0 Å². The average Bonchev–Trinajstić information content (AvgIpc) is 2.70. The summed E-state index contributed by atoms with van der Waals surface area (Å²) < 4.78 is 23.3. The van der Waals surface area contributed by atoms with Crippen molar-refractivity contribution in [3.8, 4) is 17.2 Å². The van der Waals surface area contributed by atoms with E-state index in [-0.39, 0.29) is 12.1 Å². The van der Waals surface area contributed by atoms with Crippen LogP contribution in [-0.2, 0) is 23.8 Å². The quantitative estimate of drug-likeness (QED) is 0.408. The molecule has 0 saturated heterocycles. The second kappa shape index (κ2) is 10.7. The molecular weight excluding hydrogens is 411 g/mol. The van der Waals surface area contributed by atoms with Crippen LogP contribution in [0.2, 0.25) is 0 Å². The lowest BCUT2D eigenvalue weighted by molar-refractivity contribution is 0.371. The summed E-state index contributed by atoms with van der Waals surface area (Å²) in [5, 5.41) is 0. The van der Waals surface area contributed by atoms with Crippen LogP contribution in [-0.4, -0.2) is 23.1 Å². The fourth-order valence-corrected chi connectivity index (χ4v) is 4.94. The molecule has 0 heterocycles. The molecule has 172 valence electrons. The van der Waals surface area contributed by atoms with Gasteiger partial charge in [0.25, 0.3) is 0 Å². The highest BCUT2D eigenvalue weighted by Gasteiger charge is 2.21. The maximum atomic E-state index is 11.3. The average molecular weight is 449 g/mol. The molecule has 0 atom stereocenters. The molecule has 6 heteroatoms. The highest BCUT2D eigenvalue weighted by Crippen LogP contribution is 2.41. The van der Waals surface area contributed by atoms with Gasteiger partial charge in [-0.3, -0.25) is 4.57 Å². The number of methoxy groups -OCH3 is 1. The van der Waals surface area contributed by atoms with E-state index in [9.17, 15) is 14.4 Å². The summed E-state index contributed by atoms with van der Waals surface area (Å²) >= 11 is 0. The second-order valence-electron chi connectivity index (χ2n) is 8.37. The lowest BCUT2D eigenvalue weighted by Gasteiger charge is -2.24. The Hall–Kier alpha value is -1.81. The molecule has 0 spiro atoms. The van der Waals surface area contributed by atoms with E-state index in [4.69, 9.17) is 9.47 Å². The molecule has 5 nitrogen and oxygen atoms in total. The van der Waals surface area contributed by atoms with E-state index in [1.54, 1.807) is 7.11 Å². The van der Waals surface area contributed by atoms with Crippen molar-refractivity contribution in [3.05, 3.63) is 51.6 Å². The van der Waals surface area contributed by atoms with Gasteiger partial charge < -0.3 is 19.3 Å². The summed E-state index contributed by atoms with van der Waals surface area (Å²) in [6, 6.07) is 5.92. The Labute approximate surface area is 187 Å². The van der Waals surface area contributed by atoms with Gasteiger partial charge in [-0.05, 0) is 91.5 Å². The van der Waals surface area contributed by atoms with Crippen LogP contribution < -0.4 is 9.47 Å². The third-order valence-corrected chi connectivity index (χ3v) is 6.85. The molecule has 0 amide bonds. The van der Waals surface area contributed by atoms with Crippen LogP contribution in [0.3, 0.4) is 0 Å². The monoisotopic (exact) mass is 448 g/mol. The van der Waals surface area contributed by atoms with Crippen molar-refractivity contribution in [2.45, 2.75) is 73.1 Å². The Bertz CT molecular complexity index is 928. The Morgan fingerprint density at radius 1 is 1.00 bits per heavy atom. The molecule has 0 unspecified atom stereocenters. The topological polar surface area (TPSA) is 76.0 Å². The molecule has 0 radical (unpaired) electrons. The normalized spacial score (nSPS) is 11.8. The van der Waals surface area contributed by atoms with E-state index in [2.05, 4.69) is 41.5 Å². The van der Waals surface area contributed by atoms with Gasteiger partial charge >= 0.3 is 7.60 Å². The van der Waals surface area contributed by atoms with Crippen molar-refractivity contribution >= 4 is 7.60 Å². The minimum absolute atomic E-state index is 0.0841. The first-order valence-electron chi connectivity index (χ1n) is 11.1. The maximum absolute atomic E-state index is 11.3. The second-order valence-corrected chi connectivity index (χ2v) is 10.2. The van der Waals surface area contributed by atoms with E-state index in [0.717, 1.165) is 46.8 Å². The Morgan fingerprint density at radius 3 is 2.03 bits per heavy atom. The Morgan fingerprint density at radius 2 is 1.58 bits per heavy atom. The fourth-order valence-electron chi connectivity index (χ4n) is 4.37. The Balaban J connectivity index is 2.54. The van der Waals surface area contributed by atoms with Crippen LogP contribution in [0.1, 0.15) is 73.4 Å². The predicted octanol–water partition coefficient (Wildman–Crippen LogP) is 6.46. The highest BCUT2D eigenvalue weighted by molar-refractivity contribution is 7.51. The first-order chi connectivity index (χ1) is 14.5. The third kappa shape index (κ3) is 6.12. The van der Waals surface area contributed by atoms with Crippen LogP contribution in [0.15, 0.2) is 18.2 Å². The van der Waals surface area contributed by atoms with E-state index in [0.29, 0.717) is 12.8 Å². The first kappa shape index (κ1) is 25.5. The predicted molar refractivity (Wildman–Crippen MR) is 127 cm³/mol. The van der Waals surface area contributed by atoms with Crippen LogP contribution in [0, 0.1) is 13.8 Å². The molecule has 0 aromatic heterocycles. The zero-order valence-corrected chi connectivity index (χ0v) is 20.8. The molecule has 2 N–H and O–H groups in total. The molecule has 0 saturated carbocycles. The van der Waals surface area contributed by atoms with Gasteiger partial charge in [-0.1, -0.05) is 27.7 Å². The molecule has 2 aromatic rings. The molecule has 0 aliphatic carbocycles. The number of ether oxygens (including phenoxy) is 2. The van der Waals surface area contributed by atoms with Gasteiger partial charge in [-0.15, -0.1) is 0 Å². The van der Waals surface area contributed by atoms with Gasteiger partial charge in [-0.25, -0.2) is 0 Å². The molecule has 0 aliphatic rings. The van der Waals surface area contributed by atoms with Crippen molar-refractivity contribution < 1.29 is 23.8 Å². The molecule has 31 heavy (non-hydrogen) atoms. The van der Waals surface area contributed by atoms with Gasteiger partial charge in [0.15, 0.2) is 0 Å². The molecule has 0 bridgehead atoms. The van der Waals surface area contributed by atoms with Gasteiger partial charge in [0.2, 0.25) is 0 Å². The SMILES string of the molecule is CCc1c(C)c(Oc2ccc(OC)cc2C(C)C)c(C)c(CC)c1CCCP(=O)(O)O. The van der Waals surface area contributed by atoms with Gasteiger partial charge in [0, 0.05) is 5.56 Å². The first-order valence-corrected chi connectivity index (χ1v) is 12.9. The van der Waals surface area contributed by atoms with Crippen molar-refractivity contribution in [1.29, 1.82) is 0 Å². The van der Waals surface area contributed by atoms with Crippen LogP contribution >= 0.6 is 7.60 Å². The minimum Gasteiger partial charge on any atom is -0.497 e. The number of rotatable bonds is 10. The third-order valence-electron chi connectivity index (χ3n) is 5.95. The minimum atomic E-state index is -3.99. The molecule has 0 fully saturated rings. The van der Waals surface area contributed by atoms with E-state index < -0.39 is 7.60 Å². The summed E-state index contributed by atoms with van der Waals surface area (Å²) in [5.41, 5.74) is 6.98. The molecule has 0 aliphatic heterocycles. The summed E-state index contributed by atoms with van der Waals surface area (Å²) in [4.78, 5) is 18.5.